The van der Waals surface area contributed by atoms with Gasteiger partial charge in [-0.3, -0.25) is 0 Å². The van der Waals surface area contributed by atoms with Crippen molar-refractivity contribution in [2.45, 2.75) is 85.7 Å². The van der Waals surface area contributed by atoms with Crippen LogP contribution in [0.5, 0.6) is 23.0 Å². The van der Waals surface area contributed by atoms with Crippen molar-refractivity contribution in [1.82, 2.24) is 0 Å². The van der Waals surface area contributed by atoms with Gasteiger partial charge in [0.2, 0.25) is 0 Å². The molecule has 1 heterocycles. The molecule has 2 radical (unpaired) electrons. The second kappa shape index (κ2) is 19.4. The van der Waals surface area contributed by atoms with Crippen LogP contribution in [-0.2, 0) is 5.41 Å². The average Bonchev–Trinajstić information content (AvgIpc) is 3.69. The SMILES string of the molecule is [B]c1ccc(/C=C/c2ccc3c(c2)C2(c4cc(/C=C/c5ccc(Br)cc5)ccc4-3)c3cc(OCC(C)CC)c(OCC(C)CC)cc3-c3cc4c(cc32)OCC(CC)C(C(C)CC)O4)cc1. The van der Waals surface area contributed by atoms with E-state index < -0.39 is 5.41 Å². The van der Waals surface area contributed by atoms with Crippen LogP contribution in [0.3, 0.4) is 0 Å². The summed E-state index contributed by atoms with van der Waals surface area (Å²) in [5.74, 6) is 4.58. The van der Waals surface area contributed by atoms with Crippen LogP contribution in [0.4, 0.5) is 0 Å². The van der Waals surface area contributed by atoms with Gasteiger partial charge >= 0.3 is 0 Å². The van der Waals surface area contributed by atoms with Crippen molar-refractivity contribution < 1.29 is 18.9 Å². The zero-order valence-corrected chi connectivity index (χ0v) is 41.2. The number of fused-ring (bicyclic) bond motifs is 11. The molecule has 0 saturated heterocycles. The van der Waals surface area contributed by atoms with Crippen LogP contribution in [0.15, 0.2) is 114 Å². The molecule has 6 atom stereocenters. The second-order valence-corrected chi connectivity index (χ2v) is 19.9. The van der Waals surface area contributed by atoms with Crippen molar-refractivity contribution in [1.29, 1.82) is 0 Å². The average molecular weight is 938 g/mol. The molecule has 6 heteroatoms. The highest BCUT2D eigenvalue weighted by molar-refractivity contribution is 9.10. The van der Waals surface area contributed by atoms with Gasteiger partial charge in [-0.2, -0.15) is 0 Å². The van der Waals surface area contributed by atoms with E-state index in [9.17, 15) is 0 Å². The van der Waals surface area contributed by atoms with E-state index in [-0.39, 0.29) is 12.0 Å². The van der Waals surface area contributed by atoms with Crippen molar-refractivity contribution in [2.75, 3.05) is 19.8 Å². The molecule has 1 aliphatic heterocycles. The first-order valence-electron chi connectivity index (χ1n) is 24.2. The Morgan fingerprint density at radius 3 is 1.65 bits per heavy atom. The van der Waals surface area contributed by atoms with Crippen molar-refractivity contribution in [3.63, 3.8) is 0 Å². The molecule has 1 spiro atoms. The maximum absolute atomic E-state index is 7.16. The van der Waals surface area contributed by atoms with E-state index in [4.69, 9.17) is 26.8 Å². The van der Waals surface area contributed by atoms with Crippen LogP contribution in [0.1, 0.15) is 119 Å². The van der Waals surface area contributed by atoms with Gasteiger partial charge < -0.3 is 18.9 Å². The summed E-state index contributed by atoms with van der Waals surface area (Å²) in [6.45, 7) is 17.6. The largest absolute Gasteiger partial charge is 0.489 e. The monoisotopic (exact) mass is 936 g/mol. The van der Waals surface area contributed by atoms with Crippen LogP contribution < -0.4 is 24.4 Å². The predicted octanol–water partition coefficient (Wildman–Crippen LogP) is 15.0. The van der Waals surface area contributed by atoms with Crippen molar-refractivity contribution in [3.8, 4) is 45.3 Å². The van der Waals surface area contributed by atoms with Crippen LogP contribution in [-0.4, -0.2) is 33.8 Å². The Morgan fingerprint density at radius 2 is 1.09 bits per heavy atom. The van der Waals surface area contributed by atoms with Gasteiger partial charge in [-0.1, -0.05) is 174 Å². The number of hydrogen-bond acceptors (Lipinski definition) is 4. The first-order chi connectivity index (χ1) is 32.0. The summed E-state index contributed by atoms with van der Waals surface area (Å²) in [4.78, 5) is 0. The molecule has 0 N–H and O–H groups in total. The molecular formula is C60H62BBrO4. The summed E-state index contributed by atoms with van der Waals surface area (Å²) in [5.41, 5.74) is 14.0. The summed E-state index contributed by atoms with van der Waals surface area (Å²) in [6, 6.07) is 39.6. The van der Waals surface area contributed by atoms with Crippen LogP contribution >= 0.6 is 15.9 Å². The molecule has 0 bridgehead atoms. The lowest BCUT2D eigenvalue weighted by Gasteiger charge is -2.32. The fourth-order valence-electron chi connectivity index (χ4n) is 9.87. The highest BCUT2D eigenvalue weighted by Crippen LogP contribution is 2.65. The normalized spacial score (nSPS) is 19.3. The Balaban J connectivity index is 1.32. The van der Waals surface area contributed by atoms with E-state index in [1.165, 1.54) is 33.4 Å². The number of halogens is 1. The van der Waals surface area contributed by atoms with Gasteiger partial charge in [0.15, 0.2) is 23.0 Å². The van der Waals surface area contributed by atoms with Gasteiger partial charge in [0.05, 0.1) is 25.2 Å². The molecule has 6 unspecified atom stereocenters. The predicted molar refractivity (Wildman–Crippen MR) is 280 cm³/mol. The van der Waals surface area contributed by atoms with Crippen LogP contribution in [0.25, 0.3) is 46.6 Å². The molecule has 336 valence electrons. The van der Waals surface area contributed by atoms with Crippen molar-refractivity contribution in [3.05, 3.63) is 158 Å². The maximum atomic E-state index is 7.16. The molecule has 3 aliphatic rings. The third-order valence-corrected chi connectivity index (χ3v) is 15.1. The van der Waals surface area contributed by atoms with Gasteiger partial charge in [-0.15, -0.1) is 0 Å². The van der Waals surface area contributed by atoms with Crippen LogP contribution in [0, 0.1) is 23.7 Å². The van der Waals surface area contributed by atoms with E-state index in [1.54, 1.807) is 0 Å². The van der Waals surface area contributed by atoms with E-state index in [2.05, 4.69) is 186 Å². The lowest BCUT2D eigenvalue weighted by atomic mass is 9.70. The van der Waals surface area contributed by atoms with Gasteiger partial charge in [0.1, 0.15) is 14.0 Å². The quantitative estimate of drug-likeness (QED) is 0.0758. The summed E-state index contributed by atoms with van der Waals surface area (Å²) < 4.78 is 28.8. The lowest BCUT2D eigenvalue weighted by Crippen LogP contribution is -2.34. The standard InChI is InChI=1S/C60H62BBrO4/c1-8-37(5)34-63-55-30-49-50-31-58-57(65-36-44(11-4)59(66-58)39(7)10-3)33-54(50)60(53(49)32-56(55)64-35-38(6)9-2)51-28-42(14-12-40-16-22-45(61)23-17-40)20-26-47(51)48-27-21-43(29-52(48)60)15-13-41-18-24-46(62)25-19-41/h12-33,37-39,44,59H,8-11,34-36H2,1-7H3/b14-12+,15-13+. The molecule has 0 amide bonds. The summed E-state index contributed by atoms with van der Waals surface area (Å²) >= 11 is 3.61. The number of benzene rings is 6. The number of rotatable bonds is 15. The summed E-state index contributed by atoms with van der Waals surface area (Å²) in [5, 5.41) is 0. The fourth-order valence-corrected chi connectivity index (χ4v) is 10.1. The molecule has 0 fully saturated rings. The first kappa shape index (κ1) is 45.7. The van der Waals surface area contributed by atoms with Gasteiger partial charge in [-0.05, 0) is 139 Å². The Labute approximate surface area is 403 Å². The summed E-state index contributed by atoms with van der Waals surface area (Å²) in [6.07, 6.45) is 12.9. The Bertz CT molecular complexity index is 2670. The first-order valence-corrected chi connectivity index (χ1v) is 25.0. The molecule has 4 nitrogen and oxygen atoms in total. The highest BCUT2D eigenvalue weighted by Gasteiger charge is 2.53. The Hall–Kier alpha value is -5.46. The molecule has 9 rings (SSSR count). The molecule has 6 aromatic carbocycles. The molecule has 0 aromatic heterocycles. The maximum Gasteiger partial charge on any atom is 0.162 e. The Morgan fingerprint density at radius 1 is 0.591 bits per heavy atom. The number of ether oxygens (including phenoxy) is 4. The topological polar surface area (TPSA) is 36.9 Å². The van der Waals surface area contributed by atoms with E-state index in [0.29, 0.717) is 37.6 Å². The molecule has 6 aromatic rings. The Kier molecular flexibility index (Phi) is 13.4. The van der Waals surface area contributed by atoms with E-state index >= 15 is 0 Å². The van der Waals surface area contributed by atoms with E-state index in [0.717, 1.165) is 92.0 Å². The zero-order valence-electron chi connectivity index (χ0n) is 39.6. The third kappa shape index (κ3) is 8.67. The van der Waals surface area contributed by atoms with Gasteiger partial charge in [0.25, 0.3) is 0 Å². The molecular weight excluding hydrogens is 875 g/mol. The fraction of sp³-hybridized carbons (Fsp3) is 0.333. The molecule has 66 heavy (non-hydrogen) atoms. The van der Waals surface area contributed by atoms with Gasteiger partial charge in [0, 0.05) is 10.4 Å². The minimum atomic E-state index is -0.726. The molecule has 2 aliphatic carbocycles. The van der Waals surface area contributed by atoms with Crippen LogP contribution in [0.2, 0.25) is 0 Å². The van der Waals surface area contributed by atoms with E-state index in [1.807, 2.05) is 12.1 Å². The third-order valence-electron chi connectivity index (χ3n) is 14.5. The smallest absolute Gasteiger partial charge is 0.162 e. The van der Waals surface area contributed by atoms with Crippen molar-refractivity contribution in [2.24, 2.45) is 23.7 Å². The summed E-state index contributed by atoms with van der Waals surface area (Å²) in [7, 11) is 6.07. The number of hydrogen-bond donors (Lipinski definition) is 0. The van der Waals surface area contributed by atoms with Crippen molar-refractivity contribution >= 4 is 53.5 Å². The van der Waals surface area contributed by atoms with Gasteiger partial charge in [-0.25, -0.2) is 0 Å². The minimum Gasteiger partial charge on any atom is -0.489 e. The zero-order chi connectivity index (χ0) is 46.1. The molecule has 0 saturated carbocycles. The highest BCUT2D eigenvalue weighted by atomic mass is 79.9. The minimum absolute atomic E-state index is 0.0447. The second-order valence-electron chi connectivity index (χ2n) is 19.0. The lowest BCUT2D eigenvalue weighted by molar-refractivity contribution is 0.0714.